The molecule has 2 aromatic carbocycles. The average molecular weight is 709 g/mol. The molecule has 51 heavy (non-hydrogen) atoms. The lowest BCUT2D eigenvalue weighted by molar-refractivity contribution is -0.131. The summed E-state index contributed by atoms with van der Waals surface area (Å²) in [6.07, 6.45) is 6.82. The van der Waals surface area contributed by atoms with Gasteiger partial charge in [-0.25, -0.2) is 13.8 Å². The van der Waals surface area contributed by atoms with Crippen LogP contribution in [0, 0.1) is 11.6 Å². The largest absolute Gasteiger partial charge is 0.490 e. The first-order valence-corrected chi connectivity index (χ1v) is 17.5. The summed E-state index contributed by atoms with van der Waals surface area (Å²) in [7, 11) is 1.87. The Hall–Kier alpha value is -5.40. The van der Waals surface area contributed by atoms with E-state index in [1.54, 1.807) is 15.8 Å². The van der Waals surface area contributed by atoms with Crippen molar-refractivity contribution in [2.24, 2.45) is 7.05 Å². The number of rotatable bonds is 2. The molecule has 0 spiro atoms. The zero-order valence-corrected chi connectivity index (χ0v) is 29.0. The van der Waals surface area contributed by atoms with Gasteiger partial charge in [-0.3, -0.25) is 14.2 Å². The molecule has 8 rings (SSSR count). The van der Waals surface area contributed by atoms with Crippen LogP contribution in [0.15, 0.2) is 72.8 Å². The normalized spacial score (nSPS) is 18.4. The van der Waals surface area contributed by atoms with E-state index in [2.05, 4.69) is 11.7 Å². The molecule has 0 fully saturated rings. The molecule has 10 nitrogen and oxygen atoms in total. The topological polar surface area (TPSA) is 96.5 Å². The van der Waals surface area contributed by atoms with E-state index in [1.807, 2.05) is 67.4 Å². The second-order valence-corrected chi connectivity index (χ2v) is 13.5. The number of pyridine rings is 1. The molecule has 2 atom stereocenters. The molecule has 0 unspecified atom stereocenters. The van der Waals surface area contributed by atoms with Gasteiger partial charge < -0.3 is 19.1 Å². The highest BCUT2D eigenvalue weighted by molar-refractivity contribution is 7.18. The van der Waals surface area contributed by atoms with Gasteiger partial charge >= 0.3 is 0 Å². The zero-order valence-electron chi connectivity index (χ0n) is 28.2. The van der Waals surface area contributed by atoms with Crippen LogP contribution in [0.4, 0.5) is 8.78 Å². The Kier molecular flexibility index (Phi) is 8.39. The number of aromatic nitrogens is 5. The molecule has 6 heterocycles. The predicted molar refractivity (Wildman–Crippen MR) is 192 cm³/mol. The van der Waals surface area contributed by atoms with Crippen molar-refractivity contribution in [3.8, 4) is 45.3 Å². The van der Waals surface area contributed by atoms with E-state index in [0.717, 1.165) is 28.0 Å². The smallest absolute Gasteiger partial charge is 0.246 e. The monoisotopic (exact) mass is 708 g/mol. The van der Waals surface area contributed by atoms with Crippen LogP contribution < -0.4 is 9.47 Å². The van der Waals surface area contributed by atoms with Crippen LogP contribution in [0.5, 0.6) is 11.5 Å². The van der Waals surface area contributed by atoms with Crippen molar-refractivity contribution in [3.05, 3.63) is 90.1 Å². The number of halogens is 2. The maximum absolute atomic E-state index is 16.3. The maximum Gasteiger partial charge on any atom is 0.246 e. The highest BCUT2D eigenvalue weighted by Gasteiger charge is 2.35. The van der Waals surface area contributed by atoms with Crippen molar-refractivity contribution in [2.45, 2.75) is 32.5 Å². The van der Waals surface area contributed by atoms with Gasteiger partial charge in [0, 0.05) is 57.9 Å². The quantitative estimate of drug-likeness (QED) is 0.136. The second-order valence-electron chi connectivity index (χ2n) is 12.6. The average Bonchev–Trinajstić information content (AvgIpc) is 3.85. The van der Waals surface area contributed by atoms with E-state index >= 15 is 4.39 Å². The Labute approximate surface area is 296 Å². The summed E-state index contributed by atoms with van der Waals surface area (Å²) >= 11 is 1.41. The first-order chi connectivity index (χ1) is 24.7. The minimum atomic E-state index is -0.799. The molecule has 2 bridgehead atoms. The Bertz CT molecular complexity index is 2380. The molecular formula is C38H34F2N6O4S. The van der Waals surface area contributed by atoms with Crippen LogP contribution >= 0.6 is 11.3 Å². The fourth-order valence-corrected chi connectivity index (χ4v) is 8.03. The van der Waals surface area contributed by atoms with Crippen molar-refractivity contribution < 1.29 is 27.8 Å². The highest BCUT2D eigenvalue weighted by atomic mass is 32.1. The zero-order chi connectivity index (χ0) is 35.4. The third-order valence-electron chi connectivity index (χ3n) is 9.42. The van der Waals surface area contributed by atoms with E-state index in [-0.39, 0.29) is 49.1 Å². The van der Waals surface area contributed by atoms with Gasteiger partial charge in [-0.1, -0.05) is 12.7 Å². The fraction of sp³-hybridized carbons (Fsp3) is 0.263. The van der Waals surface area contributed by atoms with Gasteiger partial charge in [0.1, 0.15) is 47.7 Å². The summed E-state index contributed by atoms with van der Waals surface area (Å²) in [4.78, 5) is 20.0. The van der Waals surface area contributed by atoms with Gasteiger partial charge in [0.05, 0.1) is 54.5 Å². The van der Waals surface area contributed by atoms with Gasteiger partial charge in [0.2, 0.25) is 5.91 Å². The van der Waals surface area contributed by atoms with Crippen LogP contribution in [0.1, 0.15) is 25.6 Å². The number of benzene rings is 2. The van der Waals surface area contributed by atoms with Gasteiger partial charge in [-0.2, -0.15) is 10.2 Å². The minimum absolute atomic E-state index is 0.0241. The molecule has 4 aromatic heterocycles. The summed E-state index contributed by atoms with van der Waals surface area (Å²) in [6.45, 7) is 8.86. The molecular weight excluding hydrogens is 675 g/mol. The lowest BCUT2D eigenvalue weighted by atomic mass is 9.95. The number of nitrogens with zero attached hydrogens (tertiary/aromatic N) is 6. The lowest BCUT2D eigenvalue weighted by Gasteiger charge is -2.38. The molecule has 2 aliphatic heterocycles. The SMILES string of the molecule is C=CC(=O)N1[C@H](C)Cn2nc(-c3nc4c5ccsc5c3-c3c(F)cc(F)cc3OCCOC/C=C/COc3cc5c(cnn5C)cc3-4)cc2[C@@H]1C. The predicted octanol–water partition coefficient (Wildman–Crippen LogP) is 7.48. The van der Waals surface area contributed by atoms with Crippen LogP contribution in [-0.4, -0.2) is 67.8 Å². The highest BCUT2D eigenvalue weighted by Crippen LogP contribution is 2.49. The Morgan fingerprint density at radius 2 is 1.86 bits per heavy atom. The molecule has 0 radical (unpaired) electrons. The molecule has 0 N–H and O–H groups in total. The van der Waals surface area contributed by atoms with Crippen LogP contribution in [-0.2, 0) is 23.1 Å². The van der Waals surface area contributed by atoms with Crippen molar-refractivity contribution in [2.75, 3.05) is 26.4 Å². The second kappa shape index (κ2) is 13.1. The number of carbonyl (C=O) groups is 1. The number of carbonyl (C=O) groups excluding carboxylic acids is 1. The number of amides is 1. The van der Waals surface area contributed by atoms with E-state index in [9.17, 15) is 9.18 Å². The first kappa shape index (κ1) is 32.8. The number of aryl methyl sites for hydroxylation is 1. The van der Waals surface area contributed by atoms with Crippen LogP contribution in [0.3, 0.4) is 0 Å². The third-order valence-corrected chi connectivity index (χ3v) is 10.4. The van der Waals surface area contributed by atoms with Crippen molar-refractivity contribution >= 4 is 38.2 Å². The molecule has 0 aliphatic carbocycles. The van der Waals surface area contributed by atoms with Gasteiger partial charge in [-0.05, 0) is 49.6 Å². The van der Waals surface area contributed by atoms with E-state index in [0.29, 0.717) is 51.8 Å². The van der Waals surface area contributed by atoms with E-state index < -0.39 is 11.6 Å². The summed E-state index contributed by atoms with van der Waals surface area (Å²) in [5.74, 6) is -1.14. The summed E-state index contributed by atoms with van der Waals surface area (Å²) in [5.41, 5.74) is 4.31. The molecule has 13 heteroatoms. The molecule has 6 aromatic rings. The fourth-order valence-electron chi connectivity index (χ4n) is 7.08. The standard InChI is InChI=1S/C38H34F2N6O4S/c1-5-33(47)46-21(2)20-45-29(22(46)3)17-28(43-45)37-35-34-27(40)15-24(39)16-32(34)50-12-11-48-9-6-7-10-49-31-18-30-23(19-41-44(30)4)14-26(31)36(42-37)25-8-13-51-38(25)35/h5-8,13-19,21-22H,1,9-12,20H2,2-4H3/b7-6+/t21-,22+/m1/s1. The van der Waals surface area contributed by atoms with Crippen LogP contribution in [0.25, 0.3) is 54.8 Å². The number of thiophene rings is 1. The van der Waals surface area contributed by atoms with E-state index in [4.69, 9.17) is 24.3 Å². The molecule has 2 aliphatic rings. The van der Waals surface area contributed by atoms with Gasteiger partial charge in [-0.15, -0.1) is 11.3 Å². The Morgan fingerprint density at radius 3 is 2.71 bits per heavy atom. The van der Waals surface area contributed by atoms with Gasteiger partial charge in [0.25, 0.3) is 0 Å². The summed E-state index contributed by atoms with van der Waals surface area (Å²) in [5, 5.41) is 13.0. The summed E-state index contributed by atoms with van der Waals surface area (Å²) in [6, 6.07) is 9.32. The van der Waals surface area contributed by atoms with Crippen molar-refractivity contribution in [3.63, 3.8) is 0 Å². The van der Waals surface area contributed by atoms with Crippen molar-refractivity contribution in [1.29, 1.82) is 0 Å². The Balaban J connectivity index is 1.44. The number of fused-ring (bicyclic) bond motifs is 6. The van der Waals surface area contributed by atoms with E-state index in [1.165, 1.54) is 23.5 Å². The molecule has 260 valence electrons. The Morgan fingerprint density at radius 1 is 1.02 bits per heavy atom. The number of hydrogen-bond donors (Lipinski definition) is 0. The number of hydrogen-bond acceptors (Lipinski definition) is 8. The van der Waals surface area contributed by atoms with Crippen LogP contribution in [0.2, 0.25) is 0 Å². The molecule has 0 saturated carbocycles. The molecule has 0 saturated heterocycles. The lowest BCUT2D eigenvalue weighted by Crippen LogP contribution is -2.46. The molecule has 1 amide bonds. The minimum Gasteiger partial charge on any atom is -0.490 e. The van der Waals surface area contributed by atoms with Crippen molar-refractivity contribution in [1.82, 2.24) is 29.4 Å². The van der Waals surface area contributed by atoms with Gasteiger partial charge in [0.15, 0.2) is 0 Å². The third kappa shape index (κ3) is 5.66. The first-order valence-electron chi connectivity index (χ1n) is 16.6. The number of ether oxygens (including phenoxy) is 3. The summed E-state index contributed by atoms with van der Waals surface area (Å²) < 4.78 is 53.7. The maximum atomic E-state index is 16.3.